The Hall–Kier alpha value is -3.37. The van der Waals surface area contributed by atoms with E-state index in [4.69, 9.17) is 52.1 Å². The van der Waals surface area contributed by atoms with Gasteiger partial charge in [-0.15, -0.1) is 0 Å². The van der Waals surface area contributed by atoms with Gasteiger partial charge in [0.15, 0.2) is 30.6 Å². The van der Waals surface area contributed by atoms with Crippen LogP contribution in [0.15, 0.2) is 24.3 Å². The minimum Gasteiger partial charge on any atom is -0.462 e. The minimum absolute atomic E-state index is 0.0190. The Labute approximate surface area is 402 Å². The summed E-state index contributed by atoms with van der Waals surface area (Å²) in [7, 11) is 8.97. The Morgan fingerprint density at radius 2 is 1.50 bits per heavy atom. The Balaban J connectivity index is 1.73. The van der Waals surface area contributed by atoms with Gasteiger partial charge in [0.1, 0.15) is 36.8 Å². The number of esters is 4. The second-order valence-electron chi connectivity index (χ2n) is 19.5. The van der Waals surface area contributed by atoms with Gasteiger partial charge in [0.25, 0.3) is 0 Å². The van der Waals surface area contributed by atoms with Crippen molar-refractivity contribution in [1.82, 2.24) is 9.80 Å². The van der Waals surface area contributed by atoms with Crippen molar-refractivity contribution in [2.45, 2.75) is 211 Å². The van der Waals surface area contributed by atoms with E-state index in [1.807, 2.05) is 52.2 Å². The summed E-state index contributed by atoms with van der Waals surface area (Å²) in [6.45, 7) is 14.6. The van der Waals surface area contributed by atoms with E-state index in [0.717, 1.165) is 12.7 Å². The molecule has 1 N–H and O–H groups in total. The molecule has 0 aromatic heterocycles. The Morgan fingerprint density at radius 3 is 2.09 bits per heavy atom. The molecular weight excluding hydrogens is 889 g/mol. The van der Waals surface area contributed by atoms with Crippen molar-refractivity contribution in [3.05, 3.63) is 24.3 Å². The van der Waals surface area contributed by atoms with E-state index in [2.05, 4.69) is 4.90 Å². The smallest absolute Gasteiger partial charge is 0.309 e. The molecule has 4 aliphatic rings. The van der Waals surface area contributed by atoms with E-state index >= 15 is 0 Å². The first-order valence-electron chi connectivity index (χ1n) is 23.9. The first kappa shape index (κ1) is 57.2. The third kappa shape index (κ3) is 15.8. The average molecular weight is 969 g/mol. The predicted octanol–water partition coefficient (Wildman–Crippen LogP) is 4.04. The van der Waals surface area contributed by atoms with Gasteiger partial charge in [-0.05, 0) is 93.9 Å². The van der Waals surface area contributed by atoms with Gasteiger partial charge < -0.3 is 71.8 Å². The molecule has 0 unspecified atom stereocenters. The van der Waals surface area contributed by atoms with E-state index in [1.54, 1.807) is 46.7 Å². The van der Waals surface area contributed by atoms with Crippen LogP contribution in [-0.4, -0.2) is 184 Å². The maximum atomic E-state index is 13.5. The lowest BCUT2D eigenvalue weighted by molar-refractivity contribution is -0.344. The van der Waals surface area contributed by atoms with Crippen molar-refractivity contribution in [2.75, 3.05) is 35.3 Å². The third-order valence-electron chi connectivity index (χ3n) is 13.3. The maximum Gasteiger partial charge on any atom is 0.309 e. The molecule has 3 fully saturated rings. The first-order chi connectivity index (χ1) is 32.0. The molecule has 4 aliphatic heterocycles. The highest BCUT2D eigenvalue weighted by Crippen LogP contribution is 2.39. The van der Waals surface area contributed by atoms with Crippen LogP contribution in [-0.2, 0) is 76.1 Å². The number of aliphatic hydroxyl groups is 1. The lowest BCUT2D eigenvalue weighted by Gasteiger charge is -2.50. The van der Waals surface area contributed by atoms with Gasteiger partial charge >= 0.3 is 23.9 Å². The van der Waals surface area contributed by atoms with Crippen molar-refractivity contribution >= 4 is 30.2 Å². The van der Waals surface area contributed by atoms with Gasteiger partial charge in [-0.2, -0.15) is 0 Å². The Morgan fingerprint density at radius 1 is 0.824 bits per heavy atom. The maximum absolute atomic E-state index is 13.5. The molecule has 0 aromatic rings. The zero-order chi connectivity index (χ0) is 50.6. The van der Waals surface area contributed by atoms with Crippen molar-refractivity contribution in [1.29, 1.82) is 0 Å². The molecule has 0 aromatic carbocycles. The molecule has 0 saturated carbocycles. The average Bonchev–Trinajstić information content (AvgIpc) is 3.21. The fraction of sp³-hybridized carbons (Fsp3) is 0.816. The predicted molar refractivity (Wildman–Crippen MR) is 246 cm³/mol. The van der Waals surface area contributed by atoms with Crippen molar-refractivity contribution in [2.24, 2.45) is 11.8 Å². The molecule has 19 atom stereocenters. The summed E-state index contributed by atoms with van der Waals surface area (Å²) < 4.78 is 68.3. The zero-order valence-electron chi connectivity index (χ0n) is 42.6. The number of aliphatic hydroxyl groups excluding tert-OH is 1. The van der Waals surface area contributed by atoms with Gasteiger partial charge in [-0.1, -0.05) is 31.2 Å². The van der Waals surface area contributed by atoms with Crippen molar-refractivity contribution in [3.8, 4) is 0 Å². The first-order valence-corrected chi connectivity index (χ1v) is 23.9. The number of rotatable bonds is 14. The molecule has 3 saturated heterocycles. The fourth-order valence-electron chi connectivity index (χ4n) is 10.2. The van der Waals surface area contributed by atoms with Gasteiger partial charge in [0.05, 0.1) is 43.0 Å². The summed E-state index contributed by atoms with van der Waals surface area (Å²) in [5.41, 5.74) is -1.32. The molecule has 0 aliphatic carbocycles. The summed E-state index contributed by atoms with van der Waals surface area (Å²) in [5, 5.41) is 12.3. The number of carbonyl (C=O) groups excluding carboxylic acids is 5. The molecular formula is C49H80N2O17. The summed E-state index contributed by atoms with van der Waals surface area (Å²) >= 11 is 0. The standard InChI is InChI=1S/C49H80N2O17/c1-27-24-35(22-23-52)45(67-48-43(57)42(51(12)13)44(30(4)62-48)66-41-26-49(9,68-34(8)55)47(31(5)61-41)64-33(7)54)46(58-14)38(63-32(6)53)25-39(56)59-28(2)18-16-15-17-19-37(27)65-40-21-20-36(50(10)11)29(3)60-40/h15-17,19,23,27-31,35-38,40-48,57H,18,20-22,24-26H2,1-14H3/b16-15+,19-17+/t27-,28-,29+,30-,31+,35+,36+,37+,38-,40+,41+,42-,43-,44-,45+,46+,47+,48+,49-/m1/s1. The van der Waals surface area contributed by atoms with Crippen LogP contribution in [0, 0.1) is 11.8 Å². The second-order valence-corrected chi connectivity index (χ2v) is 19.5. The number of nitrogens with zero attached hydrogens (tertiary/aromatic N) is 2. The fourth-order valence-corrected chi connectivity index (χ4v) is 10.2. The summed E-state index contributed by atoms with van der Waals surface area (Å²) in [4.78, 5) is 67.3. The monoisotopic (exact) mass is 969 g/mol. The van der Waals surface area contributed by atoms with Crippen LogP contribution in [0.4, 0.5) is 0 Å². The van der Waals surface area contributed by atoms with Gasteiger partial charge in [-0.3, -0.25) is 19.2 Å². The highest BCUT2D eigenvalue weighted by molar-refractivity contribution is 5.72. The van der Waals surface area contributed by atoms with Crippen LogP contribution in [0.3, 0.4) is 0 Å². The van der Waals surface area contributed by atoms with Crippen LogP contribution in [0.5, 0.6) is 0 Å². The molecule has 0 bridgehead atoms. The van der Waals surface area contributed by atoms with E-state index in [1.165, 1.54) is 27.9 Å². The quantitative estimate of drug-likeness (QED) is 0.148. The molecule has 0 spiro atoms. The van der Waals surface area contributed by atoms with E-state index in [0.29, 0.717) is 19.3 Å². The molecule has 19 heteroatoms. The number of ether oxygens (including phenoxy) is 11. The van der Waals surface area contributed by atoms with Crippen LogP contribution >= 0.6 is 0 Å². The van der Waals surface area contributed by atoms with E-state index < -0.39 is 128 Å². The number of cyclic esters (lactones) is 1. The van der Waals surface area contributed by atoms with Crippen LogP contribution in [0.2, 0.25) is 0 Å². The Kier molecular flexibility index (Phi) is 22.0. The molecule has 0 radical (unpaired) electrons. The Bertz CT molecular complexity index is 1710. The molecule has 0 amide bonds. The topological polar surface area (TPSA) is 214 Å². The van der Waals surface area contributed by atoms with Crippen molar-refractivity contribution in [3.63, 3.8) is 0 Å². The summed E-state index contributed by atoms with van der Waals surface area (Å²) in [5.74, 6) is -3.46. The molecule has 4 heterocycles. The highest BCUT2D eigenvalue weighted by atomic mass is 16.7. The van der Waals surface area contributed by atoms with Gasteiger partial charge in [-0.25, -0.2) is 0 Å². The van der Waals surface area contributed by atoms with E-state index in [9.17, 15) is 29.1 Å². The normalized spacial score (nSPS) is 41.0. The number of hydrogen-bond acceptors (Lipinski definition) is 19. The number of hydrogen-bond donors (Lipinski definition) is 1. The number of likely N-dealkylation sites (N-methyl/N-ethyl adjacent to an activating group) is 2. The SMILES string of the molecule is CO[C@@H]1[C@@H](O[C@@H]2O[C@H](C)[C@@H](O[C@H]3C[C@@](C)(OC(C)=O)[C@@H](OC(C)=O)[C@H](C)O3)[C@H](N(C)C)[C@H]2O)[C@@H](CC=O)C[C@@H](C)[C@@H](O[C@H]2CC[C@H](N(C)C)[C@H](C)O2)/C=C/C=C/C[C@@H](C)OC(=O)C[C@H]1OC(C)=O. The lowest BCUT2D eigenvalue weighted by atomic mass is 9.82. The van der Waals surface area contributed by atoms with Gasteiger partial charge in [0.2, 0.25) is 0 Å². The molecule has 68 heavy (non-hydrogen) atoms. The zero-order valence-corrected chi connectivity index (χ0v) is 42.6. The second kappa shape index (κ2) is 26.2. The van der Waals surface area contributed by atoms with E-state index in [-0.39, 0.29) is 30.9 Å². The molecule has 4 rings (SSSR count). The molecule has 388 valence electrons. The number of aldehydes is 1. The number of allylic oxidation sites excluding steroid dienone is 2. The van der Waals surface area contributed by atoms with Crippen LogP contribution < -0.4 is 0 Å². The molecule has 19 nitrogen and oxygen atoms in total. The third-order valence-corrected chi connectivity index (χ3v) is 13.3. The lowest BCUT2D eigenvalue weighted by Crippen LogP contribution is -2.66. The largest absolute Gasteiger partial charge is 0.462 e. The van der Waals surface area contributed by atoms with Crippen molar-refractivity contribution < 1.29 is 81.2 Å². The number of methoxy groups -OCH3 is 1. The number of carbonyl (C=O) groups is 5. The van der Waals surface area contributed by atoms with Crippen LogP contribution in [0.1, 0.15) is 107 Å². The minimum atomic E-state index is -1.42. The highest BCUT2D eigenvalue weighted by Gasteiger charge is 2.54. The van der Waals surface area contributed by atoms with Crippen LogP contribution in [0.25, 0.3) is 0 Å². The summed E-state index contributed by atoms with van der Waals surface area (Å²) in [6, 6.07) is -0.584. The summed E-state index contributed by atoms with van der Waals surface area (Å²) in [6.07, 6.45) is -2.26. The van der Waals surface area contributed by atoms with Gasteiger partial charge in [0, 0.05) is 53.2 Å².